The van der Waals surface area contributed by atoms with Gasteiger partial charge in [0.1, 0.15) is 5.75 Å². The van der Waals surface area contributed by atoms with Gasteiger partial charge in [0, 0.05) is 29.7 Å². The summed E-state index contributed by atoms with van der Waals surface area (Å²) < 4.78 is 6.64. The minimum atomic E-state index is -0.121. The first-order valence-electron chi connectivity index (χ1n) is 6.12. The van der Waals surface area contributed by atoms with Crippen LogP contribution in [-0.2, 0) is 13.6 Å². The quantitative estimate of drug-likeness (QED) is 0.934. The molecule has 0 atom stereocenters. The Labute approximate surface area is 122 Å². The zero-order valence-electron chi connectivity index (χ0n) is 11.6. The summed E-state index contributed by atoms with van der Waals surface area (Å²) in [4.78, 5) is 12.0. The monoisotopic (exact) mass is 293 g/mol. The van der Waals surface area contributed by atoms with E-state index in [1.165, 1.54) is 4.68 Å². The van der Waals surface area contributed by atoms with E-state index in [4.69, 9.17) is 16.3 Å². The summed E-state index contributed by atoms with van der Waals surface area (Å²) in [5, 5.41) is 7.84. The summed E-state index contributed by atoms with van der Waals surface area (Å²) in [7, 11) is 5.00. The molecule has 1 aromatic carbocycles. The van der Waals surface area contributed by atoms with Crippen molar-refractivity contribution < 1.29 is 4.74 Å². The van der Waals surface area contributed by atoms with Crippen molar-refractivity contribution in [2.24, 2.45) is 7.05 Å². The number of methoxy groups -OCH3 is 1. The number of nitrogens with one attached hydrogen (secondary N) is 1. The molecule has 0 amide bonds. The number of nitrogens with zero attached hydrogens (tertiary/aromatic N) is 2. The first-order chi connectivity index (χ1) is 9.56. The van der Waals surface area contributed by atoms with E-state index in [1.807, 2.05) is 0 Å². The SMILES string of the molecule is CNCc1cc(-c2cc(Cl)ccc2OC)nn(C)c1=O. The van der Waals surface area contributed by atoms with E-state index in [9.17, 15) is 4.79 Å². The predicted octanol–water partition coefficient (Wildman–Crippen LogP) is 1.83. The van der Waals surface area contributed by atoms with Gasteiger partial charge in [0.15, 0.2) is 0 Å². The van der Waals surface area contributed by atoms with Gasteiger partial charge in [-0.2, -0.15) is 5.10 Å². The van der Waals surface area contributed by atoms with Crippen LogP contribution in [0.1, 0.15) is 5.56 Å². The molecule has 0 spiro atoms. The van der Waals surface area contributed by atoms with E-state index in [0.29, 0.717) is 28.6 Å². The molecule has 106 valence electrons. The number of rotatable bonds is 4. The Morgan fingerprint density at radius 1 is 1.40 bits per heavy atom. The van der Waals surface area contributed by atoms with E-state index >= 15 is 0 Å². The third-order valence-corrected chi connectivity index (χ3v) is 3.18. The molecule has 20 heavy (non-hydrogen) atoms. The highest BCUT2D eigenvalue weighted by atomic mass is 35.5. The lowest BCUT2D eigenvalue weighted by molar-refractivity contribution is 0.416. The molecular weight excluding hydrogens is 278 g/mol. The molecule has 1 heterocycles. The second kappa shape index (κ2) is 6.07. The van der Waals surface area contributed by atoms with Gasteiger partial charge in [-0.05, 0) is 31.3 Å². The number of ether oxygens (including phenoxy) is 1. The van der Waals surface area contributed by atoms with Crippen molar-refractivity contribution in [1.82, 2.24) is 15.1 Å². The van der Waals surface area contributed by atoms with Crippen molar-refractivity contribution in [1.29, 1.82) is 0 Å². The maximum absolute atomic E-state index is 12.0. The van der Waals surface area contributed by atoms with Crippen molar-refractivity contribution in [3.05, 3.63) is 45.2 Å². The van der Waals surface area contributed by atoms with Crippen molar-refractivity contribution >= 4 is 11.6 Å². The summed E-state index contributed by atoms with van der Waals surface area (Å²) in [6.45, 7) is 0.477. The summed E-state index contributed by atoms with van der Waals surface area (Å²) >= 11 is 6.03. The van der Waals surface area contributed by atoms with Crippen LogP contribution in [0.3, 0.4) is 0 Å². The first-order valence-corrected chi connectivity index (χ1v) is 6.50. The normalized spacial score (nSPS) is 10.6. The summed E-state index contributed by atoms with van der Waals surface area (Å²) in [5.74, 6) is 0.663. The number of aromatic nitrogens is 2. The Kier molecular flexibility index (Phi) is 4.42. The Bertz CT molecular complexity index is 683. The smallest absolute Gasteiger partial charge is 0.271 e. The van der Waals surface area contributed by atoms with Gasteiger partial charge in [0.05, 0.1) is 12.8 Å². The zero-order chi connectivity index (χ0) is 14.7. The molecular formula is C14H16ClN3O2. The molecule has 6 heteroatoms. The molecule has 2 aromatic rings. The molecule has 0 aliphatic carbocycles. The van der Waals surface area contributed by atoms with Crippen LogP contribution in [-0.4, -0.2) is 23.9 Å². The summed E-state index contributed by atoms with van der Waals surface area (Å²) in [6, 6.07) is 7.06. The van der Waals surface area contributed by atoms with Gasteiger partial charge >= 0.3 is 0 Å². The van der Waals surface area contributed by atoms with Crippen LogP contribution in [0.5, 0.6) is 5.75 Å². The molecule has 0 aliphatic rings. The minimum Gasteiger partial charge on any atom is -0.496 e. The van der Waals surface area contributed by atoms with Gasteiger partial charge in [0.2, 0.25) is 0 Å². The second-order valence-electron chi connectivity index (χ2n) is 4.36. The topological polar surface area (TPSA) is 56.1 Å². The van der Waals surface area contributed by atoms with Crippen molar-refractivity contribution in [2.75, 3.05) is 14.2 Å². The highest BCUT2D eigenvalue weighted by molar-refractivity contribution is 6.30. The standard InChI is InChI=1S/C14H16ClN3O2/c1-16-8-9-6-12(17-18(2)14(9)19)11-7-10(15)4-5-13(11)20-3/h4-7,16H,8H2,1-3H3. The maximum Gasteiger partial charge on any atom is 0.271 e. The lowest BCUT2D eigenvalue weighted by Gasteiger charge is -2.11. The average molecular weight is 294 g/mol. The van der Waals surface area contributed by atoms with Gasteiger partial charge in [-0.3, -0.25) is 4.79 Å². The fraction of sp³-hybridized carbons (Fsp3) is 0.286. The zero-order valence-corrected chi connectivity index (χ0v) is 12.4. The molecule has 5 nitrogen and oxygen atoms in total. The number of hydrogen-bond acceptors (Lipinski definition) is 4. The van der Waals surface area contributed by atoms with Crippen molar-refractivity contribution in [2.45, 2.75) is 6.54 Å². The highest BCUT2D eigenvalue weighted by Crippen LogP contribution is 2.31. The van der Waals surface area contributed by atoms with Crippen LogP contribution in [0, 0.1) is 0 Å². The summed E-state index contributed by atoms with van der Waals surface area (Å²) in [6.07, 6.45) is 0. The highest BCUT2D eigenvalue weighted by Gasteiger charge is 2.12. The molecule has 0 unspecified atom stereocenters. The Hall–Kier alpha value is -1.85. The molecule has 0 radical (unpaired) electrons. The van der Waals surface area contributed by atoms with E-state index < -0.39 is 0 Å². The predicted molar refractivity (Wildman–Crippen MR) is 79.2 cm³/mol. The van der Waals surface area contributed by atoms with E-state index in [0.717, 1.165) is 5.56 Å². The number of halogens is 1. The van der Waals surface area contributed by atoms with E-state index in [1.54, 1.807) is 45.5 Å². The van der Waals surface area contributed by atoms with Crippen LogP contribution in [0.2, 0.25) is 5.02 Å². The third kappa shape index (κ3) is 2.84. The fourth-order valence-corrected chi connectivity index (χ4v) is 2.17. The fourth-order valence-electron chi connectivity index (χ4n) is 2.00. The minimum absolute atomic E-state index is 0.121. The Balaban J connectivity index is 2.63. The summed E-state index contributed by atoms with van der Waals surface area (Å²) in [5.41, 5.74) is 1.93. The Morgan fingerprint density at radius 2 is 2.15 bits per heavy atom. The van der Waals surface area contributed by atoms with E-state index in [-0.39, 0.29) is 5.56 Å². The number of benzene rings is 1. The first kappa shape index (κ1) is 14.6. The van der Waals surface area contributed by atoms with Crippen LogP contribution in [0.25, 0.3) is 11.3 Å². The molecule has 0 bridgehead atoms. The molecule has 0 saturated heterocycles. The van der Waals surface area contributed by atoms with E-state index in [2.05, 4.69) is 10.4 Å². The van der Waals surface area contributed by atoms with Gasteiger partial charge in [0.25, 0.3) is 5.56 Å². The molecule has 0 saturated carbocycles. The molecule has 2 rings (SSSR count). The van der Waals surface area contributed by atoms with Gasteiger partial charge in [-0.15, -0.1) is 0 Å². The largest absolute Gasteiger partial charge is 0.496 e. The van der Waals surface area contributed by atoms with Gasteiger partial charge in [-0.25, -0.2) is 4.68 Å². The lowest BCUT2D eigenvalue weighted by Crippen LogP contribution is -2.26. The maximum atomic E-state index is 12.0. The van der Waals surface area contributed by atoms with Gasteiger partial charge < -0.3 is 10.1 Å². The van der Waals surface area contributed by atoms with Crippen LogP contribution in [0.4, 0.5) is 0 Å². The number of aryl methyl sites for hydroxylation is 1. The molecule has 0 fully saturated rings. The van der Waals surface area contributed by atoms with Crippen LogP contribution < -0.4 is 15.6 Å². The Morgan fingerprint density at radius 3 is 2.80 bits per heavy atom. The van der Waals surface area contributed by atoms with Gasteiger partial charge in [-0.1, -0.05) is 11.6 Å². The third-order valence-electron chi connectivity index (χ3n) is 2.94. The van der Waals surface area contributed by atoms with Crippen LogP contribution >= 0.6 is 11.6 Å². The van der Waals surface area contributed by atoms with Crippen LogP contribution in [0.15, 0.2) is 29.1 Å². The van der Waals surface area contributed by atoms with Crippen molar-refractivity contribution in [3.63, 3.8) is 0 Å². The molecule has 1 N–H and O–H groups in total. The van der Waals surface area contributed by atoms with Crippen molar-refractivity contribution in [3.8, 4) is 17.0 Å². The second-order valence-corrected chi connectivity index (χ2v) is 4.79. The molecule has 1 aromatic heterocycles. The molecule has 0 aliphatic heterocycles. The average Bonchev–Trinajstić information content (AvgIpc) is 2.43. The number of hydrogen-bond donors (Lipinski definition) is 1. The lowest BCUT2D eigenvalue weighted by atomic mass is 10.1.